The van der Waals surface area contributed by atoms with Crippen molar-refractivity contribution in [1.29, 1.82) is 0 Å². The Labute approximate surface area is 167 Å². The maximum Gasteiger partial charge on any atom is 0.272 e. The second-order valence-electron chi connectivity index (χ2n) is 7.12. The Kier molecular flexibility index (Phi) is 5.52. The van der Waals surface area contributed by atoms with Gasteiger partial charge in [-0.1, -0.05) is 18.6 Å². The van der Waals surface area contributed by atoms with Gasteiger partial charge in [0.05, 0.1) is 5.52 Å². The molecule has 7 heteroatoms. The summed E-state index contributed by atoms with van der Waals surface area (Å²) in [7, 11) is 0. The first-order valence-electron chi connectivity index (χ1n) is 9.89. The second kappa shape index (κ2) is 8.22. The number of pyridine rings is 1. The molecule has 0 bridgehead atoms. The van der Waals surface area contributed by atoms with Crippen LogP contribution in [0, 0.1) is 0 Å². The summed E-state index contributed by atoms with van der Waals surface area (Å²) < 4.78 is 2.07. The van der Waals surface area contributed by atoms with Crippen LogP contribution < -0.4 is 10.9 Å². The number of nitrogens with one attached hydrogen (secondary N) is 1. The Bertz CT molecular complexity index is 1110. The van der Waals surface area contributed by atoms with Gasteiger partial charge in [-0.2, -0.15) is 0 Å². The number of carbonyl (C=O) groups excluding carboxylic acids is 1. The lowest BCUT2D eigenvalue weighted by molar-refractivity contribution is -0.121. The van der Waals surface area contributed by atoms with E-state index in [1.54, 1.807) is 6.20 Å². The van der Waals surface area contributed by atoms with Gasteiger partial charge in [0.25, 0.3) is 5.56 Å². The zero-order valence-electron chi connectivity index (χ0n) is 16.0. The van der Waals surface area contributed by atoms with Crippen molar-refractivity contribution in [3.8, 4) is 0 Å². The number of rotatable bonds is 6. The fourth-order valence-corrected chi connectivity index (χ4v) is 4.76. The molecule has 0 aliphatic heterocycles. The van der Waals surface area contributed by atoms with E-state index in [1.165, 1.54) is 34.3 Å². The average Bonchev–Trinajstić information content (AvgIpc) is 3.09. The number of hydrogen-bond donors (Lipinski definition) is 1. The van der Waals surface area contributed by atoms with Crippen molar-refractivity contribution in [3.05, 3.63) is 46.2 Å². The van der Waals surface area contributed by atoms with Crippen molar-refractivity contribution in [2.75, 3.05) is 6.54 Å². The first-order chi connectivity index (χ1) is 13.7. The monoisotopic (exact) mass is 396 g/mol. The third-order valence-electron chi connectivity index (χ3n) is 5.20. The molecule has 0 aromatic carbocycles. The van der Waals surface area contributed by atoms with Crippen molar-refractivity contribution >= 4 is 37.7 Å². The minimum atomic E-state index is -0.157. The van der Waals surface area contributed by atoms with Crippen LogP contribution >= 0.6 is 11.3 Å². The van der Waals surface area contributed by atoms with E-state index in [2.05, 4.69) is 16.4 Å². The average molecular weight is 397 g/mol. The molecule has 1 amide bonds. The predicted octanol–water partition coefficient (Wildman–Crippen LogP) is 3.58. The SMILES string of the molecule is CCc1nc2c(sc3ncccc32)c(=O)n1CC(=O)NCCC1=CCCCC1. The van der Waals surface area contributed by atoms with Gasteiger partial charge in [-0.15, -0.1) is 11.3 Å². The molecule has 0 unspecified atom stereocenters. The number of carbonyl (C=O) groups is 1. The Morgan fingerprint density at radius 1 is 1.36 bits per heavy atom. The molecular weight excluding hydrogens is 372 g/mol. The van der Waals surface area contributed by atoms with Gasteiger partial charge in [-0.25, -0.2) is 9.97 Å². The van der Waals surface area contributed by atoms with Gasteiger partial charge >= 0.3 is 0 Å². The van der Waals surface area contributed by atoms with Crippen LogP contribution in [-0.2, 0) is 17.8 Å². The summed E-state index contributed by atoms with van der Waals surface area (Å²) in [5.74, 6) is 0.486. The molecule has 0 fully saturated rings. The number of allylic oxidation sites excluding steroid dienone is 1. The Morgan fingerprint density at radius 3 is 3.04 bits per heavy atom. The van der Waals surface area contributed by atoms with Crippen LogP contribution in [0.25, 0.3) is 20.4 Å². The zero-order chi connectivity index (χ0) is 19.5. The second-order valence-corrected chi connectivity index (χ2v) is 8.12. The molecule has 146 valence electrons. The zero-order valence-corrected chi connectivity index (χ0v) is 16.8. The molecule has 0 saturated heterocycles. The highest BCUT2D eigenvalue weighted by molar-refractivity contribution is 7.25. The normalized spacial score (nSPS) is 14.4. The molecule has 0 saturated carbocycles. The molecule has 3 aromatic heterocycles. The number of nitrogens with zero attached hydrogens (tertiary/aromatic N) is 3. The first kappa shape index (κ1) is 18.8. The third kappa shape index (κ3) is 3.71. The molecule has 1 N–H and O–H groups in total. The van der Waals surface area contributed by atoms with Gasteiger partial charge in [0.1, 0.15) is 21.9 Å². The van der Waals surface area contributed by atoms with Crippen LogP contribution in [0.1, 0.15) is 44.9 Å². The van der Waals surface area contributed by atoms with Crippen molar-refractivity contribution in [2.24, 2.45) is 0 Å². The van der Waals surface area contributed by atoms with Crippen molar-refractivity contribution in [1.82, 2.24) is 19.9 Å². The van der Waals surface area contributed by atoms with Crippen molar-refractivity contribution < 1.29 is 4.79 Å². The number of fused-ring (bicyclic) bond motifs is 3. The summed E-state index contributed by atoms with van der Waals surface area (Å²) in [6, 6.07) is 3.78. The predicted molar refractivity (Wildman–Crippen MR) is 113 cm³/mol. The van der Waals surface area contributed by atoms with Crippen molar-refractivity contribution in [3.63, 3.8) is 0 Å². The van der Waals surface area contributed by atoms with E-state index in [9.17, 15) is 9.59 Å². The molecular formula is C21H24N4O2S. The standard InChI is InChI=1S/C21H24N4O2S/c1-2-16-24-18-15-9-6-11-23-20(15)28-19(18)21(27)25(16)13-17(26)22-12-10-14-7-4-3-5-8-14/h6-7,9,11H,2-5,8,10,12-13H2,1H3,(H,22,26). The van der Waals surface area contributed by atoms with Crippen LogP contribution in [0.2, 0.25) is 0 Å². The van der Waals surface area contributed by atoms with Gasteiger partial charge in [0.2, 0.25) is 5.91 Å². The highest BCUT2D eigenvalue weighted by Crippen LogP contribution is 2.28. The van der Waals surface area contributed by atoms with Gasteiger partial charge < -0.3 is 5.32 Å². The number of aryl methyl sites for hydroxylation is 1. The number of amides is 1. The van der Waals surface area contributed by atoms with Gasteiger partial charge in [0, 0.05) is 24.5 Å². The van der Waals surface area contributed by atoms with E-state index in [-0.39, 0.29) is 18.0 Å². The first-order valence-corrected chi connectivity index (χ1v) is 10.7. The van der Waals surface area contributed by atoms with E-state index >= 15 is 0 Å². The minimum Gasteiger partial charge on any atom is -0.354 e. The maximum atomic E-state index is 13.1. The highest BCUT2D eigenvalue weighted by Gasteiger charge is 2.17. The van der Waals surface area contributed by atoms with Crippen LogP contribution in [0.4, 0.5) is 0 Å². The number of hydrogen-bond acceptors (Lipinski definition) is 5. The fraction of sp³-hybridized carbons (Fsp3) is 0.429. The number of thiophene rings is 1. The smallest absolute Gasteiger partial charge is 0.272 e. The molecule has 1 aliphatic carbocycles. The molecule has 3 heterocycles. The van der Waals surface area contributed by atoms with Crippen LogP contribution in [0.5, 0.6) is 0 Å². The van der Waals surface area contributed by atoms with Crippen LogP contribution in [-0.4, -0.2) is 27.0 Å². The summed E-state index contributed by atoms with van der Waals surface area (Å²) in [6.07, 6.45) is 10.3. The molecule has 0 radical (unpaired) electrons. The molecule has 1 aliphatic rings. The Balaban J connectivity index is 1.54. The lowest BCUT2D eigenvalue weighted by atomic mass is 9.97. The van der Waals surface area contributed by atoms with E-state index in [0.717, 1.165) is 29.5 Å². The van der Waals surface area contributed by atoms with E-state index in [0.29, 0.717) is 29.0 Å². The summed E-state index contributed by atoms with van der Waals surface area (Å²) in [6.45, 7) is 2.57. The lowest BCUT2D eigenvalue weighted by Crippen LogP contribution is -2.34. The fourth-order valence-electron chi connectivity index (χ4n) is 3.73. The Morgan fingerprint density at radius 2 is 2.25 bits per heavy atom. The van der Waals surface area contributed by atoms with Crippen LogP contribution in [0.3, 0.4) is 0 Å². The van der Waals surface area contributed by atoms with E-state index in [4.69, 9.17) is 4.98 Å². The van der Waals surface area contributed by atoms with E-state index < -0.39 is 0 Å². The van der Waals surface area contributed by atoms with Crippen molar-refractivity contribution in [2.45, 2.75) is 52.0 Å². The Hall–Kier alpha value is -2.54. The number of aromatic nitrogens is 3. The summed E-state index contributed by atoms with van der Waals surface area (Å²) in [5.41, 5.74) is 1.96. The summed E-state index contributed by atoms with van der Waals surface area (Å²) in [5, 5.41) is 3.85. The van der Waals surface area contributed by atoms with E-state index in [1.807, 2.05) is 19.1 Å². The topological polar surface area (TPSA) is 76.9 Å². The third-order valence-corrected chi connectivity index (χ3v) is 6.29. The molecule has 0 spiro atoms. The summed E-state index contributed by atoms with van der Waals surface area (Å²) in [4.78, 5) is 35.3. The molecule has 4 rings (SSSR count). The molecule has 0 atom stereocenters. The maximum absolute atomic E-state index is 13.1. The largest absolute Gasteiger partial charge is 0.354 e. The quantitative estimate of drug-likeness (QED) is 0.646. The molecule has 28 heavy (non-hydrogen) atoms. The van der Waals surface area contributed by atoms with Gasteiger partial charge in [-0.3, -0.25) is 14.2 Å². The molecule has 3 aromatic rings. The lowest BCUT2D eigenvalue weighted by Gasteiger charge is -2.14. The molecule has 6 nitrogen and oxygen atoms in total. The minimum absolute atomic E-state index is 0.00562. The van der Waals surface area contributed by atoms with Gasteiger partial charge in [0.15, 0.2) is 0 Å². The van der Waals surface area contributed by atoms with Crippen LogP contribution in [0.15, 0.2) is 34.8 Å². The summed E-state index contributed by atoms with van der Waals surface area (Å²) >= 11 is 1.34. The highest BCUT2D eigenvalue weighted by atomic mass is 32.1. The van der Waals surface area contributed by atoms with Gasteiger partial charge in [-0.05, 0) is 44.2 Å².